The minimum Gasteiger partial charge on any atom is -0.370 e. The molecule has 0 aliphatic carbocycles. The Labute approximate surface area is 88.8 Å². The average molecular weight is 213 g/mol. The molecule has 82 valence electrons. The van der Waals surface area contributed by atoms with Crippen LogP contribution in [0.4, 0.5) is 0 Å². The van der Waals surface area contributed by atoms with Crippen LogP contribution in [0.1, 0.15) is 26.7 Å². The van der Waals surface area contributed by atoms with Crippen molar-refractivity contribution >= 4 is 14.1 Å². The Balaban J connectivity index is 2.60. The van der Waals surface area contributed by atoms with Gasteiger partial charge in [0.1, 0.15) is 0 Å². The summed E-state index contributed by atoms with van der Waals surface area (Å²) in [6.45, 7) is 12.2. The van der Waals surface area contributed by atoms with Gasteiger partial charge in [-0.15, -0.1) is 0 Å². The van der Waals surface area contributed by atoms with Gasteiger partial charge in [0.15, 0.2) is 8.24 Å². The predicted molar refractivity (Wildman–Crippen MR) is 62.6 cm³/mol. The zero-order valence-corrected chi connectivity index (χ0v) is 11.1. The predicted octanol–water partition coefficient (Wildman–Crippen LogP) is 2.72. The second kappa shape index (κ2) is 4.05. The summed E-state index contributed by atoms with van der Waals surface area (Å²) in [5.41, 5.74) is 0. The third-order valence-corrected chi connectivity index (χ3v) is 4.95. The van der Waals surface area contributed by atoms with Crippen molar-refractivity contribution in [3.05, 3.63) is 0 Å². The summed E-state index contributed by atoms with van der Waals surface area (Å²) in [5, 5.41) is 0. The molecule has 1 rings (SSSR count). The summed E-state index contributed by atoms with van der Waals surface area (Å²) in [6.07, 6.45) is 2.15. The van der Waals surface area contributed by atoms with Gasteiger partial charge in [0.05, 0.1) is 0 Å². The average Bonchev–Trinajstić information content (AvgIpc) is 2.30. The van der Waals surface area contributed by atoms with Crippen LogP contribution in [0.15, 0.2) is 0 Å². The van der Waals surface area contributed by atoms with Gasteiger partial charge in [-0.25, -0.2) is 0 Å². The fraction of sp³-hybridized carbons (Fsp3) is 0.909. The maximum Gasteiger partial charge on any atom is 0.217 e. The van der Waals surface area contributed by atoms with E-state index in [-0.39, 0.29) is 0 Å². The molecule has 1 saturated heterocycles. The first-order valence-corrected chi connectivity index (χ1v) is 9.08. The number of hydrogen-bond acceptors (Lipinski definition) is 1. The lowest BCUT2D eigenvalue weighted by Gasteiger charge is -2.30. The summed E-state index contributed by atoms with van der Waals surface area (Å²) < 4.78 is 2.17. The van der Waals surface area contributed by atoms with Gasteiger partial charge < -0.3 is 4.57 Å². The fourth-order valence-corrected chi connectivity index (χ4v) is 3.84. The molecule has 1 heterocycles. The van der Waals surface area contributed by atoms with Crippen molar-refractivity contribution in [2.24, 2.45) is 11.8 Å². The van der Waals surface area contributed by atoms with Crippen LogP contribution in [-0.2, 0) is 4.79 Å². The molecule has 1 unspecified atom stereocenters. The lowest BCUT2D eigenvalue weighted by Crippen LogP contribution is -2.47. The number of carbonyl (C=O) groups is 1. The van der Waals surface area contributed by atoms with Gasteiger partial charge in [-0.1, -0.05) is 33.5 Å². The Hall–Kier alpha value is -0.313. The Morgan fingerprint density at radius 1 is 1.43 bits per heavy atom. The molecule has 0 aromatic rings. The van der Waals surface area contributed by atoms with Crippen molar-refractivity contribution in [3.63, 3.8) is 0 Å². The molecule has 3 heteroatoms. The SMILES string of the molecule is CC(C)CC1CCN([Si](C)(C)C)C1=O. The van der Waals surface area contributed by atoms with Crippen molar-refractivity contribution in [2.45, 2.75) is 46.3 Å². The Morgan fingerprint density at radius 2 is 2.00 bits per heavy atom. The van der Waals surface area contributed by atoms with Crippen LogP contribution in [0.3, 0.4) is 0 Å². The van der Waals surface area contributed by atoms with Gasteiger partial charge >= 0.3 is 0 Å². The summed E-state index contributed by atoms with van der Waals surface area (Å²) >= 11 is 0. The van der Waals surface area contributed by atoms with Crippen LogP contribution in [0.5, 0.6) is 0 Å². The standard InChI is InChI=1S/C11H23NOSi/c1-9(2)8-10-6-7-12(11(10)13)14(3,4)5/h9-10H,6-8H2,1-5H3. The van der Waals surface area contributed by atoms with Gasteiger partial charge in [0, 0.05) is 12.5 Å². The van der Waals surface area contributed by atoms with Crippen molar-refractivity contribution in [1.29, 1.82) is 0 Å². The lowest BCUT2D eigenvalue weighted by atomic mass is 9.96. The van der Waals surface area contributed by atoms with Crippen LogP contribution in [0.2, 0.25) is 19.6 Å². The minimum absolute atomic E-state index is 0.321. The van der Waals surface area contributed by atoms with Crippen molar-refractivity contribution in [2.75, 3.05) is 6.54 Å². The van der Waals surface area contributed by atoms with Gasteiger partial charge in [0.25, 0.3) is 0 Å². The number of hydrogen-bond donors (Lipinski definition) is 0. The van der Waals surface area contributed by atoms with Gasteiger partial charge in [-0.2, -0.15) is 0 Å². The lowest BCUT2D eigenvalue weighted by molar-refractivity contribution is -0.127. The minimum atomic E-state index is -1.40. The molecule has 0 aromatic carbocycles. The Kier molecular flexibility index (Phi) is 3.40. The van der Waals surface area contributed by atoms with E-state index in [9.17, 15) is 4.79 Å². The molecule has 0 radical (unpaired) electrons. The maximum absolute atomic E-state index is 12.0. The fourth-order valence-electron chi connectivity index (χ4n) is 2.19. The van der Waals surface area contributed by atoms with E-state index in [1.165, 1.54) is 0 Å². The second-order valence-electron chi connectivity index (χ2n) is 5.78. The maximum atomic E-state index is 12.0. The highest BCUT2D eigenvalue weighted by Crippen LogP contribution is 2.28. The summed E-state index contributed by atoms with van der Waals surface area (Å²) in [7, 11) is -1.40. The Morgan fingerprint density at radius 3 is 2.36 bits per heavy atom. The molecule has 1 aliphatic heterocycles. The van der Waals surface area contributed by atoms with Crippen LogP contribution in [0, 0.1) is 11.8 Å². The van der Waals surface area contributed by atoms with E-state index in [4.69, 9.17) is 0 Å². The highest BCUT2D eigenvalue weighted by molar-refractivity contribution is 6.75. The second-order valence-corrected chi connectivity index (χ2v) is 10.7. The molecule has 0 aromatic heterocycles. The largest absolute Gasteiger partial charge is 0.370 e. The van der Waals surface area contributed by atoms with E-state index >= 15 is 0 Å². The zero-order chi connectivity index (χ0) is 10.9. The van der Waals surface area contributed by atoms with E-state index in [0.717, 1.165) is 19.4 Å². The van der Waals surface area contributed by atoms with Crippen LogP contribution in [-0.4, -0.2) is 25.3 Å². The van der Waals surface area contributed by atoms with Crippen molar-refractivity contribution in [1.82, 2.24) is 4.57 Å². The van der Waals surface area contributed by atoms with Crippen LogP contribution in [0.25, 0.3) is 0 Å². The highest BCUT2D eigenvalue weighted by atomic mass is 28.3. The molecule has 0 N–H and O–H groups in total. The highest BCUT2D eigenvalue weighted by Gasteiger charge is 2.38. The number of rotatable bonds is 3. The number of nitrogens with zero attached hydrogens (tertiary/aromatic N) is 1. The van der Waals surface area contributed by atoms with Gasteiger partial charge in [-0.05, 0) is 18.8 Å². The third kappa shape index (κ3) is 2.59. The molecule has 1 amide bonds. The molecule has 1 fully saturated rings. The molecule has 0 saturated carbocycles. The molecule has 0 bridgehead atoms. The molecule has 2 nitrogen and oxygen atoms in total. The van der Waals surface area contributed by atoms with E-state index < -0.39 is 8.24 Å². The van der Waals surface area contributed by atoms with Gasteiger partial charge in [-0.3, -0.25) is 4.79 Å². The first-order valence-electron chi connectivity index (χ1n) is 5.64. The molecule has 14 heavy (non-hydrogen) atoms. The van der Waals surface area contributed by atoms with Crippen molar-refractivity contribution in [3.8, 4) is 0 Å². The van der Waals surface area contributed by atoms with Crippen LogP contribution < -0.4 is 0 Å². The summed E-state index contributed by atoms with van der Waals surface area (Å²) in [4.78, 5) is 12.0. The summed E-state index contributed by atoms with van der Waals surface area (Å²) in [5.74, 6) is 1.39. The van der Waals surface area contributed by atoms with E-state index in [0.29, 0.717) is 17.7 Å². The smallest absolute Gasteiger partial charge is 0.217 e. The zero-order valence-electron chi connectivity index (χ0n) is 10.1. The molecule has 1 atom stereocenters. The first kappa shape index (κ1) is 11.8. The molecule has 1 aliphatic rings. The van der Waals surface area contributed by atoms with E-state index in [1.807, 2.05) is 0 Å². The quantitative estimate of drug-likeness (QED) is 0.660. The third-order valence-electron chi connectivity index (χ3n) is 2.88. The summed E-state index contributed by atoms with van der Waals surface area (Å²) in [6, 6.07) is 0. The number of amides is 1. The van der Waals surface area contributed by atoms with Gasteiger partial charge in [0.2, 0.25) is 5.91 Å². The molecular formula is C11H23NOSi. The topological polar surface area (TPSA) is 20.3 Å². The first-order chi connectivity index (χ1) is 6.32. The van der Waals surface area contributed by atoms with E-state index in [1.54, 1.807) is 0 Å². The number of carbonyl (C=O) groups excluding carboxylic acids is 1. The van der Waals surface area contributed by atoms with E-state index in [2.05, 4.69) is 38.1 Å². The van der Waals surface area contributed by atoms with Crippen molar-refractivity contribution < 1.29 is 4.79 Å². The monoisotopic (exact) mass is 213 g/mol. The normalized spacial score (nSPS) is 23.7. The Bertz CT molecular complexity index is 220. The molecule has 0 spiro atoms. The van der Waals surface area contributed by atoms with Crippen LogP contribution >= 0.6 is 0 Å². The molecular weight excluding hydrogens is 190 g/mol.